The minimum absolute atomic E-state index is 0.186. The lowest BCUT2D eigenvalue weighted by atomic mass is 10.0. The van der Waals surface area contributed by atoms with Gasteiger partial charge in [-0.25, -0.2) is 4.39 Å². The number of hydrogen-bond acceptors (Lipinski definition) is 3. The highest BCUT2D eigenvalue weighted by Gasteiger charge is 2.12. The van der Waals surface area contributed by atoms with Crippen molar-refractivity contribution in [1.29, 1.82) is 0 Å². The summed E-state index contributed by atoms with van der Waals surface area (Å²) in [6, 6.07) is 6.62. The first-order valence-electron chi connectivity index (χ1n) is 6.70. The molecule has 0 amide bonds. The number of halogens is 1. The van der Waals surface area contributed by atoms with Gasteiger partial charge in [0.2, 0.25) is 0 Å². The van der Waals surface area contributed by atoms with Crippen molar-refractivity contribution in [2.24, 2.45) is 5.73 Å². The minimum Gasteiger partial charge on any atom is -0.324 e. The highest BCUT2D eigenvalue weighted by atomic mass is 19.1. The molecular weight excluding hydrogens is 229 g/mol. The maximum atomic E-state index is 13.5. The van der Waals surface area contributed by atoms with Crippen LogP contribution in [0.5, 0.6) is 0 Å². The summed E-state index contributed by atoms with van der Waals surface area (Å²) < 4.78 is 13.5. The molecule has 1 saturated heterocycles. The SMILES string of the molecule is NC(CCCN1CCNCC1)c1ccccc1F. The predicted molar refractivity (Wildman–Crippen MR) is 71.9 cm³/mol. The van der Waals surface area contributed by atoms with Gasteiger partial charge in [0.25, 0.3) is 0 Å². The summed E-state index contributed by atoms with van der Waals surface area (Å²) in [4.78, 5) is 2.44. The van der Waals surface area contributed by atoms with Crippen molar-refractivity contribution in [3.8, 4) is 0 Å². The standard InChI is InChI=1S/C14H22FN3/c15-13-5-2-1-4-12(13)14(16)6-3-9-18-10-7-17-8-11-18/h1-2,4-5,14,17H,3,6-11,16H2. The van der Waals surface area contributed by atoms with Crippen molar-refractivity contribution < 1.29 is 4.39 Å². The second-order valence-corrected chi connectivity index (χ2v) is 4.86. The van der Waals surface area contributed by atoms with E-state index in [0.717, 1.165) is 45.6 Å². The van der Waals surface area contributed by atoms with E-state index in [9.17, 15) is 4.39 Å². The van der Waals surface area contributed by atoms with Gasteiger partial charge in [0, 0.05) is 37.8 Å². The zero-order valence-electron chi connectivity index (χ0n) is 10.7. The van der Waals surface area contributed by atoms with Gasteiger partial charge in [-0.05, 0) is 25.5 Å². The molecule has 18 heavy (non-hydrogen) atoms. The van der Waals surface area contributed by atoms with Gasteiger partial charge < -0.3 is 16.0 Å². The molecule has 0 aromatic heterocycles. The Hall–Kier alpha value is -0.970. The Morgan fingerprint density at radius 1 is 1.28 bits per heavy atom. The summed E-state index contributed by atoms with van der Waals surface area (Å²) in [6.07, 6.45) is 1.86. The van der Waals surface area contributed by atoms with Gasteiger partial charge in [-0.1, -0.05) is 18.2 Å². The Morgan fingerprint density at radius 3 is 2.72 bits per heavy atom. The molecule has 1 heterocycles. The highest BCUT2D eigenvalue weighted by Crippen LogP contribution is 2.18. The maximum Gasteiger partial charge on any atom is 0.127 e. The quantitative estimate of drug-likeness (QED) is 0.833. The van der Waals surface area contributed by atoms with E-state index in [4.69, 9.17) is 5.73 Å². The first-order chi connectivity index (χ1) is 8.77. The number of nitrogens with two attached hydrogens (primary N) is 1. The Labute approximate surface area is 108 Å². The Bertz CT molecular complexity index is 364. The van der Waals surface area contributed by atoms with Crippen LogP contribution in [0.2, 0.25) is 0 Å². The Morgan fingerprint density at radius 2 is 2.00 bits per heavy atom. The second kappa shape index (κ2) is 6.83. The van der Waals surface area contributed by atoms with Crippen molar-refractivity contribution in [3.05, 3.63) is 35.6 Å². The lowest BCUT2D eigenvalue weighted by Gasteiger charge is -2.27. The van der Waals surface area contributed by atoms with E-state index in [1.807, 2.05) is 6.07 Å². The largest absolute Gasteiger partial charge is 0.324 e. The number of piperazine rings is 1. The van der Waals surface area contributed by atoms with Crippen LogP contribution in [0, 0.1) is 5.82 Å². The third kappa shape index (κ3) is 3.77. The zero-order valence-corrected chi connectivity index (χ0v) is 10.7. The molecule has 3 N–H and O–H groups in total. The van der Waals surface area contributed by atoms with E-state index in [1.165, 1.54) is 6.07 Å². The number of rotatable bonds is 5. The maximum absolute atomic E-state index is 13.5. The van der Waals surface area contributed by atoms with Crippen LogP contribution >= 0.6 is 0 Å². The summed E-state index contributed by atoms with van der Waals surface area (Å²) in [5.74, 6) is -0.188. The molecule has 0 spiro atoms. The molecule has 0 aliphatic carbocycles. The molecule has 3 nitrogen and oxygen atoms in total. The predicted octanol–water partition coefficient (Wildman–Crippen LogP) is 1.51. The first kappa shape index (κ1) is 13.5. The van der Waals surface area contributed by atoms with Crippen molar-refractivity contribution in [2.45, 2.75) is 18.9 Å². The Kier molecular flexibility index (Phi) is 5.11. The van der Waals surface area contributed by atoms with Crippen LogP contribution in [-0.4, -0.2) is 37.6 Å². The summed E-state index contributed by atoms with van der Waals surface area (Å²) in [7, 11) is 0. The molecule has 1 aromatic carbocycles. The van der Waals surface area contributed by atoms with Crippen molar-refractivity contribution >= 4 is 0 Å². The summed E-state index contributed by atoms with van der Waals surface area (Å²) in [5, 5.41) is 3.33. The van der Waals surface area contributed by atoms with E-state index < -0.39 is 0 Å². The van der Waals surface area contributed by atoms with Crippen LogP contribution in [0.1, 0.15) is 24.4 Å². The third-order valence-electron chi connectivity index (χ3n) is 3.50. The fraction of sp³-hybridized carbons (Fsp3) is 0.571. The van der Waals surface area contributed by atoms with Crippen molar-refractivity contribution in [2.75, 3.05) is 32.7 Å². The average Bonchev–Trinajstić information content (AvgIpc) is 2.40. The fourth-order valence-electron chi connectivity index (χ4n) is 2.40. The van der Waals surface area contributed by atoms with Crippen LogP contribution in [0.4, 0.5) is 4.39 Å². The molecular formula is C14H22FN3. The van der Waals surface area contributed by atoms with Crippen molar-refractivity contribution in [3.63, 3.8) is 0 Å². The molecule has 100 valence electrons. The van der Waals surface area contributed by atoms with Crippen LogP contribution in [0.25, 0.3) is 0 Å². The topological polar surface area (TPSA) is 41.3 Å². The zero-order chi connectivity index (χ0) is 12.8. The average molecular weight is 251 g/mol. The molecule has 1 aromatic rings. The number of nitrogens with one attached hydrogen (secondary N) is 1. The minimum atomic E-state index is -0.188. The summed E-state index contributed by atoms with van der Waals surface area (Å²) in [6.45, 7) is 5.41. The number of benzene rings is 1. The fourth-order valence-corrected chi connectivity index (χ4v) is 2.40. The van der Waals surface area contributed by atoms with Crippen LogP contribution < -0.4 is 11.1 Å². The monoisotopic (exact) mass is 251 g/mol. The first-order valence-corrected chi connectivity index (χ1v) is 6.70. The lowest BCUT2D eigenvalue weighted by Crippen LogP contribution is -2.43. The molecule has 1 atom stereocenters. The van der Waals surface area contributed by atoms with Gasteiger partial charge in [-0.3, -0.25) is 0 Å². The van der Waals surface area contributed by atoms with E-state index in [0.29, 0.717) is 5.56 Å². The summed E-state index contributed by atoms with van der Waals surface area (Å²) in [5.41, 5.74) is 6.68. The van der Waals surface area contributed by atoms with E-state index in [-0.39, 0.29) is 11.9 Å². The number of hydrogen-bond donors (Lipinski definition) is 2. The molecule has 1 fully saturated rings. The molecule has 0 bridgehead atoms. The normalized spacial score (nSPS) is 18.8. The van der Waals surface area contributed by atoms with Gasteiger partial charge in [-0.15, -0.1) is 0 Å². The second-order valence-electron chi connectivity index (χ2n) is 4.86. The Balaban J connectivity index is 1.74. The van der Waals surface area contributed by atoms with Gasteiger partial charge in [-0.2, -0.15) is 0 Å². The molecule has 2 rings (SSSR count). The molecule has 1 aliphatic rings. The molecule has 0 radical (unpaired) electrons. The van der Waals surface area contributed by atoms with Gasteiger partial charge in [0.15, 0.2) is 0 Å². The smallest absolute Gasteiger partial charge is 0.127 e. The van der Waals surface area contributed by atoms with E-state index in [2.05, 4.69) is 10.2 Å². The lowest BCUT2D eigenvalue weighted by molar-refractivity contribution is 0.234. The third-order valence-corrected chi connectivity index (χ3v) is 3.50. The van der Waals surface area contributed by atoms with Crippen molar-refractivity contribution in [1.82, 2.24) is 10.2 Å². The molecule has 1 aliphatic heterocycles. The molecule has 0 saturated carbocycles. The van der Waals surface area contributed by atoms with Crippen LogP contribution in [0.15, 0.2) is 24.3 Å². The van der Waals surface area contributed by atoms with E-state index in [1.54, 1.807) is 12.1 Å². The number of nitrogens with zero attached hydrogens (tertiary/aromatic N) is 1. The van der Waals surface area contributed by atoms with Gasteiger partial charge in [0.05, 0.1) is 0 Å². The molecule has 1 unspecified atom stereocenters. The van der Waals surface area contributed by atoms with E-state index >= 15 is 0 Å². The van der Waals surface area contributed by atoms with Crippen LogP contribution in [0.3, 0.4) is 0 Å². The highest BCUT2D eigenvalue weighted by molar-refractivity contribution is 5.20. The molecule has 4 heteroatoms. The summed E-state index contributed by atoms with van der Waals surface area (Å²) >= 11 is 0. The van der Waals surface area contributed by atoms with Gasteiger partial charge in [0.1, 0.15) is 5.82 Å². The van der Waals surface area contributed by atoms with Gasteiger partial charge >= 0.3 is 0 Å². The van der Waals surface area contributed by atoms with Crippen LogP contribution in [-0.2, 0) is 0 Å².